The van der Waals surface area contributed by atoms with E-state index < -0.39 is 0 Å². The summed E-state index contributed by atoms with van der Waals surface area (Å²) in [6, 6.07) is 0. The Morgan fingerprint density at radius 2 is 2.00 bits per heavy atom. The summed E-state index contributed by atoms with van der Waals surface area (Å²) in [5.41, 5.74) is 0. The van der Waals surface area contributed by atoms with Crippen molar-refractivity contribution >= 4 is 0 Å². The minimum atomic E-state index is -0.229. The second-order valence-electron chi connectivity index (χ2n) is 3.04. The first-order chi connectivity index (χ1) is 4.93. The Kier molecular flexibility index (Phi) is 3.73. The maximum absolute atomic E-state index is 11.6. The zero-order valence-corrected chi connectivity index (χ0v) is 6.41. The molecule has 1 rings (SSSR count). The number of hydrogen-bond donors (Lipinski definition) is 1. The fourth-order valence-corrected chi connectivity index (χ4v) is 1.59. The third kappa shape index (κ3) is 2.65. The highest BCUT2D eigenvalue weighted by Crippen LogP contribution is 2.23. The van der Waals surface area contributed by atoms with E-state index in [4.69, 9.17) is 0 Å². The smallest absolute Gasteiger partial charge is 0.102 e. The quantitative estimate of drug-likeness (QED) is 0.594. The van der Waals surface area contributed by atoms with Crippen LogP contribution in [0.3, 0.4) is 0 Å². The zero-order valence-electron chi connectivity index (χ0n) is 6.41. The second-order valence-corrected chi connectivity index (χ2v) is 3.04. The molecule has 0 unspecified atom stereocenters. The number of alkyl halides is 1. The first kappa shape index (κ1) is 7.99. The van der Waals surface area contributed by atoms with E-state index >= 15 is 0 Å². The summed E-state index contributed by atoms with van der Waals surface area (Å²) in [6.45, 7) is 1.34. The van der Waals surface area contributed by atoms with Gasteiger partial charge in [0.25, 0.3) is 0 Å². The first-order valence-corrected chi connectivity index (χ1v) is 4.20. The molecule has 0 heterocycles. The summed E-state index contributed by atoms with van der Waals surface area (Å²) in [4.78, 5) is 0. The van der Waals surface area contributed by atoms with Crippen LogP contribution in [0.4, 0.5) is 4.39 Å². The number of rotatable bonds is 4. The number of hydrogen-bond acceptors (Lipinski definition) is 1. The van der Waals surface area contributed by atoms with Gasteiger partial charge in [0.05, 0.1) is 0 Å². The molecule has 1 N–H and O–H groups in total. The van der Waals surface area contributed by atoms with Gasteiger partial charge >= 0.3 is 0 Å². The van der Waals surface area contributed by atoms with Crippen LogP contribution < -0.4 is 5.32 Å². The van der Waals surface area contributed by atoms with Gasteiger partial charge in [0.15, 0.2) is 0 Å². The fourth-order valence-electron chi connectivity index (χ4n) is 1.59. The van der Waals surface area contributed by atoms with E-state index in [2.05, 4.69) is 5.32 Å². The van der Waals surface area contributed by atoms with E-state index in [0.29, 0.717) is 6.54 Å². The molecule has 2 heteroatoms. The summed E-state index contributed by atoms with van der Waals surface area (Å²) in [5, 5.41) is 3.10. The Morgan fingerprint density at radius 3 is 2.60 bits per heavy atom. The lowest BCUT2D eigenvalue weighted by molar-refractivity contribution is 0.432. The van der Waals surface area contributed by atoms with Gasteiger partial charge in [-0.25, -0.2) is 4.39 Å². The standard InChI is InChI=1S/C8H16FN/c9-5-6-10-7-8-3-1-2-4-8/h8,10H,1-7H2. The molecule has 10 heavy (non-hydrogen) atoms. The molecule has 0 aliphatic heterocycles. The normalized spacial score (nSPS) is 20.1. The SMILES string of the molecule is FCCNCC1CCCC1. The highest BCUT2D eigenvalue weighted by atomic mass is 19.1. The third-order valence-corrected chi connectivity index (χ3v) is 2.18. The number of halogens is 1. The lowest BCUT2D eigenvalue weighted by Crippen LogP contribution is -2.23. The van der Waals surface area contributed by atoms with Crippen LogP contribution >= 0.6 is 0 Å². The monoisotopic (exact) mass is 145 g/mol. The van der Waals surface area contributed by atoms with Crippen LogP contribution in [0.2, 0.25) is 0 Å². The predicted octanol–water partition coefficient (Wildman–Crippen LogP) is 1.74. The van der Waals surface area contributed by atoms with E-state index in [1.165, 1.54) is 25.7 Å². The predicted molar refractivity (Wildman–Crippen MR) is 40.8 cm³/mol. The van der Waals surface area contributed by atoms with Crippen molar-refractivity contribution in [3.63, 3.8) is 0 Å². The Morgan fingerprint density at radius 1 is 1.30 bits per heavy atom. The molecule has 0 aromatic heterocycles. The topological polar surface area (TPSA) is 12.0 Å². The lowest BCUT2D eigenvalue weighted by Gasteiger charge is -2.07. The molecule has 0 atom stereocenters. The van der Waals surface area contributed by atoms with Crippen molar-refractivity contribution in [1.82, 2.24) is 5.32 Å². The van der Waals surface area contributed by atoms with E-state index in [9.17, 15) is 4.39 Å². The van der Waals surface area contributed by atoms with Crippen molar-refractivity contribution in [3.05, 3.63) is 0 Å². The van der Waals surface area contributed by atoms with Crippen LogP contribution in [-0.2, 0) is 0 Å². The molecule has 1 nitrogen and oxygen atoms in total. The van der Waals surface area contributed by atoms with Crippen molar-refractivity contribution < 1.29 is 4.39 Å². The van der Waals surface area contributed by atoms with Crippen LogP contribution in [0.25, 0.3) is 0 Å². The molecule has 1 fully saturated rings. The van der Waals surface area contributed by atoms with E-state index in [0.717, 1.165) is 12.5 Å². The summed E-state index contributed by atoms with van der Waals surface area (Å²) < 4.78 is 11.6. The average molecular weight is 145 g/mol. The number of nitrogens with one attached hydrogen (secondary N) is 1. The van der Waals surface area contributed by atoms with E-state index in [1.807, 2.05) is 0 Å². The van der Waals surface area contributed by atoms with Gasteiger partial charge in [0, 0.05) is 6.54 Å². The van der Waals surface area contributed by atoms with Gasteiger partial charge in [0.2, 0.25) is 0 Å². The van der Waals surface area contributed by atoms with Crippen LogP contribution in [0.15, 0.2) is 0 Å². The zero-order chi connectivity index (χ0) is 7.23. The summed E-state index contributed by atoms with van der Waals surface area (Å²) >= 11 is 0. The molecular formula is C8H16FN. The van der Waals surface area contributed by atoms with Gasteiger partial charge in [-0.3, -0.25) is 0 Å². The molecule has 0 aromatic carbocycles. The van der Waals surface area contributed by atoms with Crippen LogP contribution in [0.5, 0.6) is 0 Å². The minimum Gasteiger partial charge on any atom is -0.314 e. The highest BCUT2D eigenvalue weighted by Gasteiger charge is 2.13. The van der Waals surface area contributed by atoms with E-state index in [1.54, 1.807) is 0 Å². The average Bonchev–Trinajstić information content (AvgIpc) is 2.41. The van der Waals surface area contributed by atoms with Gasteiger partial charge in [-0.05, 0) is 25.3 Å². The largest absolute Gasteiger partial charge is 0.314 e. The van der Waals surface area contributed by atoms with Gasteiger partial charge < -0.3 is 5.32 Å². The maximum Gasteiger partial charge on any atom is 0.102 e. The third-order valence-electron chi connectivity index (χ3n) is 2.18. The van der Waals surface area contributed by atoms with Crippen molar-refractivity contribution in [2.45, 2.75) is 25.7 Å². The van der Waals surface area contributed by atoms with Crippen molar-refractivity contribution in [1.29, 1.82) is 0 Å². The lowest BCUT2D eigenvalue weighted by atomic mass is 10.1. The van der Waals surface area contributed by atoms with Gasteiger partial charge in [-0.1, -0.05) is 12.8 Å². The molecule has 0 amide bonds. The van der Waals surface area contributed by atoms with Gasteiger partial charge in [-0.2, -0.15) is 0 Å². The fraction of sp³-hybridized carbons (Fsp3) is 1.00. The Bertz CT molecular complexity index is 79.3. The molecule has 1 aliphatic carbocycles. The minimum absolute atomic E-state index is 0.229. The molecule has 1 aliphatic rings. The molecule has 0 radical (unpaired) electrons. The molecular weight excluding hydrogens is 129 g/mol. The van der Waals surface area contributed by atoms with Crippen molar-refractivity contribution in [3.8, 4) is 0 Å². The Balaban J connectivity index is 1.91. The van der Waals surface area contributed by atoms with Gasteiger partial charge in [-0.15, -0.1) is 0 Å². The Labute approximate surface area is 62.0 Å². The molecule has 60 valence electrons. The molecule has 0 spiro atoms. The maximum atomic E-state index is 11.6. The van der Waals surface area contributed by atoms with Crippen LogP contribution in [0, 0.1) is 5.92 Å². The highest BCUT2D eigenvalue weighted by molar-refractivity contribution is 4.68. The molecule has 0 saturated heterocycles. The summed E-state index contributed by atoms with van der Waals surface area (Å²) in [7, 11) is 0. The van der Waals surface area contributed by atoms with E-state index in [-0.39, 0.29) is 6.67 Å². The summed E-state index contributed by atoms with van der Waals surface area (Å²) in [6.07, 6.45) is 5.45. The Hall–Kier alpha value is -0.110. The van der Waals surface area contributed by atoms with Crippen molar-refractivity contribution in [2.24, 2.45) is 5.92 Å². The van der Waals surface area contributed by atoms with Crippen LogP contribution in [-0.4, -0.2) is 19.8 Å². The molecule has 1 saturated carbocycles. The summed E-state index contributed by atoms with van der Waals surface area (Å²) in [5.74, 6) is 0.839. The van der Waals surface area contributed by atoms with Gasteiger partial charge in [0.1, 0.15) is 6.67 Å². The first-order valence-electron chi connectivity index (χ1n) is 4.20. The van der Waals surface area contributed by atoms with Crippen LogP contribution in [0.1, 0.15) is 25.7 Å². The van der Waals surface area contributed by atoms with Crippen molar-refractivity contribution in [2.75, 3.05) is 19.8 Å². The molecule has 0 aromatic rings. The second kappa shape index (κ2) is 4.67. The molecule has 0 bridgehead atoms.